The van der Waals surface area contributed by atoms with Gasteiger partial charge in [-0.2, -0.15) is 0 Å². The van der Waals surface area contributed by atoms with Crippen LogP contribution in [0.25, 0.3) is 6.08 Å². The van der Waals surface area contributed by atoms with Gasteiger partial charge in [0.25, 0.3) is 11.8 Å². The Labute approximate surface area is 176 Å². The molecule has 0 saturated carbocycles. The second-order valence-corrected chi connectivity index (χ2v) is 6.74. The van der Waals surface area contributed by atoms with E-state index in [4.69, 9.17) is 32.7 Å². The van der Waals surface area contributed by atoms with E-state index < -0.39 is 17.8 Å². The Hall–Kier alpha value is -3.03. The third-order valence-corrected chi connectivity index (χ3v) is 4.56. The van der Waals surface area contributed by atoms with Crippen LogP contribution < -0.4 is 19.7 Å². The molecule has 9 heteroatoms. The van der Waals surface area contributed by atoms with Gasteiger partial charge in [0, 0.05) is 10.6 Å². The number of benzene rings is 2. The van der Waals surface area contributed by atoms with E-state index in [0.29, 0.717) is 22.9 Å². The van der Waals surface area contributed by atoms with Gasteiger partial charge in [0.15, 0.2) is 0 Å². The number of urea groups is 1. The van der Waals surface area contributed by atoms with E-state index in [1.165, 1.54) is 37.5 Å². The molecule has 0 aromatic heterocycles. The maximum Gasteiger partial charge on any atom is 0.335 e. The Morgan fingerprint density at radius 3 is 2.41 bits per heavy atom. The standard InChI is InChI=1S/C20H16Cl2N2O5/c1-3-29-17-11(8-12(21)10-16(17)22)9-15-18(25)23-20(27)24(19(15)26)13-4-6-14(28-2)7-5-13/h4-10H,3H2,1-2H3,(H,23,25,27)/b15-9+. The fourth-order valence-electron chi connectivity index (χ4n) is 2.76. The lowest BCUT2D eigenvalue weighted by Gasteiger charge is -2.26. The third-order valence-electron chi connectivity index (χ3n) is 4.06. The molecule has 7 nitrogen and oxygen atoms in total. The average Bonchev–Trinajstić information content (AvgIpc) is 2.68. The van der Waals surface area contributed by atoms with Crippen LogP contribution >= 0.6 is 23.2 Å². The summed E-state index contributed by atoms with van der Waals surface area (Å²) < 4.78 is 10.6. The zero-order valence-corrected chi connectivity index (χ0v) is 17.0. The summed E-state index contributed by atoms with van der Waals surface area (Å²) >= 11 is 12.2. The van der Waals surface area contributed by atoms with Crippen molar-refractivity contribution in [2.75, 3.05) is 18.6 Å². The smallest absolute Gasteiger partial charge is 0.335 e. The number of methoxy groups -OCH3 is 1. The van der Waals surface area contributed by atoms with Gasteiger partial charge in [-0.05, 0) is 49.4 Å². The topological polar surface area (TPSA) is 84.9 Å². The van der Waals surface area contributed by atoms with Crippen LogP contribution in [0.15, 0.2) is 42.0 Å². The second-order valence-electron chi connectivity index (χ2n) is 5.89. The van der Waals surface area contributed by atoms with Crippen molar-refractivity contribution in [1.29, 1.82) is 0 Å². The van der Waals surface area contributed by atoms with Crippen LogP contribution in [0.3, 0.4) is 0 Å². The summed E-state index contributed by atoms with van der Waals surface area (Å²) in [6.45, 7) is 2.08. The van der Waals surface area contributed by atoms with E-state index in [1.54, 1.807) is 19.1 Å². The lowest BCUT2D eigenvalue weighted by molar-refractivity contribution is -0.122. The molecule has 1 aliphatic heterocycles. The molecule has 3 rings (SSSR count). The van der Waals surface area contributed by atoms with Crippen molar-refractivity contribution >= 4 is 52.8 Å². The maximum atomic E-state index is 13.0. The lowest BCUT2D eigenvalue weighted by atomic mass is 10.1. The summed E-state index contributed by atoms with van der Waals surface area (Å²) in [5.41, 5.74) is 0.354. The molecular weight excluding hydrogens is 419 g/mol. The van der Waals surface area contributed by atoms with Gasteiger partial charge in [0.1, 0.15) is 17.1 Å². The highest BCUT2D eigenvalue weighted by Gasteiger charge is 2.37. The largest absolute Gasteiger partial charge is 0.497 e. The zero-order chi connectivity index (χ0) is 21.1. The first kappa shape index (κ1) is 20.7. The summed E-state index contributed by atoms with van der Waals surface area (Å²) in [5, 5.41) is 2.70. The van der Waals surface area contributed by atoms with Gasteiger partial charge in [-0.3, -0.25) is 14.9 Å². The van der Waals surface area contributed by atoms with Crippen molar-refractivity contribution in [1.82, 2.24) is 5.32 Å². The molecular formula is C20H16Cl2N2O5. The Morgan fingerprint density at radius 1 is 1.10 bits per heavy atom. The van der Waals surface area contributed by atoms with Crippen molar-refractivity contribution < 1.29 is 23.9 Å². The lowest BCUT2D eigenvalue weighted by Crippen LogP contribution is -2.54. The summed E-state index contributed by atoms with van der Waals surface area (Å²) in [6.07, 6.45) is 1.30. The highest BCUT2D eigenvalue weighted by molar-refractivity contribution is 6.40. The minimum absolute atomic E-state index is 0.234. The minimum atomic E-state index is -0.850. The fourth-order valence-corrected chi connectivity index (χ4v) is 3.33. The molecule has 0 atom stereocenters. The molecule has 1 N–H and O–H groups in total. The first-order valence-electron chi connectivity index (χ1n) is 8.53. The number of nitrogens with one attached hydrogen (secondary N) is 1. The van der Waals surface area contributed by atoms with Gasteiger partial charge in [0.05, 0.1) is 24.4 Å². The predicted octanol–water partition coefficient (Wildman–Crippen LogP) is 4.07. The van der Waals surface area contributed by atoms with Gasteiger partial charge in [0.2, 0.25) is 0 Å². The summed E-state index contributed by atoms with van der Waals surface area (Å²) in [6, 6.07) is 8.42. The van der Waals surface area contributed by atoms with E-state index >= 15 is 0 Å². The number of amides is 4. The molecule has 1 heterocycles. The third kappa shape index (κ3) is 4.21. The molecule has 1 aliphatic rings. The van der Waals surface area contributed by atoms with Crippen molar-refractivity contribution in [3.8, 4) is 11.5 Å². The number of imide groups is 2. The first-order valence-corrected chi connectivity index (χ1v) is 9.28. The Bertz CT molecular complexity index is 1020. The van der Waals surface area contributed by atoms with E-state index in [1.807, 2.05) is 0 Å². The quantitative estimate of drug-likeness (QED) is 0.566. The molecule has 2 aromatic carbocycles. The van der Waals surface area contributed by atoms with Crippen molar-refractivity contribution in [3.05, 3.63) is 57.6 Å². The normalized spacial score (nSPS) is 15.5. The van der Waals surface area contributed by atoms with Crippen LogP contribution in [0.5, 0.6) is 11.5 Å². The van der Waals surface area contributed by atoms with Crippen LogP contribution in [0.1, 0.15) is 12.5 Å². The number of carbonyl (C=O) groups excluding carboxylic acids is 3. The van der Waals surface area contributed by atoms with E-state index in [0.717, 1.165) is 4.90 Å². The molecule has 1 fully saturated rings. The van der Waals surface area contributed by atoms with Crippen molar-refractivity contribution in [2.45, 2.75) is 6.92 Å². The van der Waals surface area contributed by atoms with Gasteiger partial charge in [-0.15, -0.1) is 0 Å². The van der Waals surface area contributed by atoms with E-state index in [2.05, 4.69) is 5.32 Å². The summed E-state index contributed by atoms with van der Waals surface area (Å²) in [7, 11) is 1.50. The first-order chi connectivity index (χ1) is 13.8. The van der Waals surface area contributed by atoms with Crippen LogP contribution in [0.2, 0.25) is 10.0 Å². The highest BCUT2D eigenvalue weighted by atomic mass is 35.5. The second kappa shape index (κ2) is 8.55. The minimum Gasteiger partial charge on any atom is -0.497 e. The van der Waals surface area contributed by atoms with Crippen LogP contribution in [0.4, 0.5) is 10.5 Å². The molecule has 4 amide bonds. The van der Waals surface area contributed by atoms with Crippen LogP contribution in [0, 0.1) is 0 Å². The molecule has 1 saturated heterocycles. The summed E-state index contributed by atoms with van der Waals surface area (Å²) in [4.78, 5) is 38.5. The Kier molecular flexibility index (Phi) is 6.10. The molecule has 0 radical (unpaired) electrons. The number of ether oxygens (including phenoxy) is 2. The summed E-state index contributed by atoms with van der Waals surface area (Å²) in [5.74, 6) is -0.786. The van der Waals surface area contributed by atoms with Gasteiger partial charge < -0.3 is 9.47 Å². The van der Waals surface area contributed by atoms with Crippen molar-refractivity contribution in [2.24, 2.45) is 0 Å². The average molecular weight is 435 g/mol. The molecule has 0 unspecified atom stereocenters. The highest BCUT2D eigenvalue weighted by Crippen LogP contribution is 2.34. The SMILES string of the molecule is CCOc1c(Cl)cc(Cl)cc1/C=C1\C(=O)NC(=O)N(c2ccc(OC)cc2)C1=O. The Morgan fingerprint density at radius 2 is 1.79 bits per heavy atom. The number of nitrogens with zero attached hydrogens (tertiary/aromatic N) is 1. The molecule has 29 heavy (non-hydrogen) atoms. The molecule has 0 spiro atoms. The van der Waals surface area contributed by atoms with Crippen LogP contribution in [-0.4, -0.2) is 31.6 Å². The van der Waals surface area contributed by atoms with Crippen LogP contribution in [-0.2, 0) is 9.59 Å². The zero-order valence-electron chi connectivity index (χ0n) is 15.5. The number of anilines is 1. The van der Waals surface area contributed by atoms with Gasteiger partial charge in [-0.1, -0.05) is 23.2 Å². The predicted molar refractivity (Wildman–Crippen MR) is 110 cm³/mol. The number of halogens is 2. The molecule has 2 aromatic rings. The molecule has 0 aliphatic carbocycles. The molecule has 150 valence electrons. The Balaban J connectivity index is 2.06. The van der Waals surface area contributed by atoms with E-state index in [-0.39, 0.29) is 22.0 Å². The number of hydrogen-bond donors (Lipinski definition) is 1. The van der Waals surface area contributed by atoms with Gasteiger partial charge in [-0.25, -0.2) is 9.69 Å². The van der Waals surface area contributed by atoms with E-state index in [9.17, 15) is 14.4 Å². The monoisotopic (exact) mass is 434 g/mol. The number of hydrogen-bond acceptors (Lipinski definition) is 5. The number of barbiturate groups is 1. The van der Waals surface area contributed by atoms with Gasteiger partial charge >= 0.3 is 6.03 Å². The number of carbonyl (C=O) groups is 3. The van der Waals surface area contributed by atoms with Crippen molar-refractivity contribution in [3.63, 3.8) is 0 Å². The fraction of sp³-hybridized carbons (Fsp3) is 0.150. The number of rotatable bonds is 5. The molecule has 0 bridgehead atoms. The maximum absolute atomic E-state index is 13.0.